The fraction of sp³-hybridized carbons (Fsp3) is 0.538. The topological polar surface area (TPSA) is 68.5 Å². The van der Waals surface area contributed by atoms with Gasteiger partial charge in [-0.3, -0.25) is 9.59 Å². The van der Waals surface area contributed by atoms with Gasteiger partial charge in [0, 0.05) is 24.8 Å². The van der Waals surface area contributed by atoms with Crippen molar-refractivity contribution in [3.05, 3.63) is 23.5 Å². The number of rotatable bonds is 3. The Labute approximate surface area is 104 Å². The van der Waals surface area contributed by atoms with E-state index in [9.17, 15) is 9.59 Å². The van der Waals surface area contributed by atoms with Crippen LogP contribution in [0.15, 0.2) is 12.1 Å². The lowest BCUT2D eigenvalue weighted by atomic mass is 10.0. The lowest BCUT2D eigenvalue weighted by Crippen LogP contribution is -2.18. The van der Waals surface area contributed by atoms with Crippen LogP contribution in [0.25, 0.3) is 0 Å². The van der Waals surface area contributed by atoms with Gasteiger partial charge in [-0.2, -0.15) is 0 Å². The zero-order valence-electron chi connectivity index (χ0n) is 9.96. The van der Waals surface area contributed by atoms with E-state index in [-0.39, 0.29) is 11.7 Å². The number of carboxylic acids is 1. The molecule has 96 valence electrons. The smallest absolute Gasteiger partial charge is 0.312 e. The Morgan fingerprint density at radius 3 is 2.83 bits per heavy atom. The third kappa shape index (κ3) is 1.66. The zero-order valence-corrected chi connectivity index (χ0v) is 9.96. The highest BCUT2D eigenvalue weighted by atomic mass is 16.5. The van der Waals surface area contributed by atoms with Crippen molar-refractivity contribution in [3.63, 3.8) is 0 Å². The minimum Gasteiger partial charge on any atom is -0.481 e. The van der Waals surface area contributed by atoms with E-state index in [1.807, 2.05) is 4.57 Å². The standard InChI is InChI=1S/C13H15NO4/c15-12(8-4-6-18-7-8)11-2-1-10-9(13(16)17)3-5-14(10)11/h1-2,8-9H,3-7H2,(H,16,17). The maximum atomic E-state index is 12.3. The second-order valence-corrected chi connectivity index (χ2v) is 4.90. The van der Waals surface area contributed by atoms with Crippen LogP contribution in [0.4, 0.5) is 0 Å². The summed E-state index contributed by atoms with van der Waals surface area (Å²) in [7, 11) is 0. The summed E-state index contributed by atoms with van der Waals surface area (Å²) >= 11 is 0. The number of carboxylic acid groups (broad SMARTS) is 1. The lowest BCUT2D eigenvalue weighted by Gasteiger charge is -2.09. The molecule has 0 radical (unpaired) electrons. The van der Waals surface area contributed by atoms with E-state index in [0.717, 1.165) is 12.1 Å². The van der Waals surface area contributed by atoms with E-state index < -0.39 is 11.9 Å². The van der Waals surface area contributed by atoms with Gasteiger partial charge in [0.1, 0.15) is 0 Å². The number of aromatic nitrogens is 1. The van der Waals surface area contributed by atoms with Gasteiger partial charge in [0.05, 0.1) is 18.2 Å². The normalized spacial score (nSPS) is 26.2. The minimum absolute atomic E-state index is 0.0621. The van der Waals surface area contributed by atoms with Crippen LogP contribution in [0.5, 0.6) is 0 Å². The maximum absolute atomic E-state index is 12.3. The van der Waals surface area contributed by atoms with E-state index in [1.165, 1.54) is 0 Å². The number of hydrogen-bond donors (Lipinski definition) is 1. The quantitative estimate of drug-likeness (QED) is 0.819. The highest BCUT2D eigenvalue weighted by Crippen LogP contribution is 2.32. The van der Waals surface area contributed by atoms with Gasteiger partial charge in [-0.05, 0) is 25.0 Å². The van der Waals surface area contributed by atoms with Gasteiger partial charge in [0.25, 0.3) is 0 Å². The molecule has 3 rings (SSSR count). The van der Waals surface area contributed by atoms with E-state index in [1.54, 1.807) is 12.1 Å². The summed E-state index contributed by atoms with van der Waals surface area (Å²) < 4.78 is 7.09. The number of nitrogens with zero attached hydrogens (tertiary/aromatic N) is 1. The lowest BCUT2D eigenvalue weighted by molar-refractivity contribution is -0.138. The van der Waals surface area contributed by atoms with Crippen LogP contribution in [-0.2, 0) is 16.1 Å². The molecule has 3 heterocycles. The summed E-state index contributed by atoms with van der Waals surface area (Å²) in [6, 6.07) is 3.53. The van der Waals surface area contributed by atoms with E-state index in [0.29, 0.717) is 31.9 Å². The van der Waals surface area contributed by atoms with Crippen molar-refractivity contribution in [1.82, 2.24) is 4.57 Å². The first-order chi connectivity index (χ1) is 8.68. The van der Waals surface area contributed by atoms with Gasteiger partial charge >= 0.3 is 5.97 Å². The first kappa shape index (κ1) is 11.5. The first-order valence-corrected chi connectivity index (χ1v) is 6.22. The van der Waals surface area contributed by atoms with Gasteiger partial charge in [-0.15, -0.1) is 0 Å². The van der Waals surface area contributed by atoms with Crippen molar-refractivity contribution in [2.24, 2.45) is 5.92 Å². The number of ether oxygens (including phenoxy) is 1. The molecule has 1 saturated heterocycles. The van der Waals surface area contributed by atoms with Crippen molar-refractivity contribution in [2.45, 2.75) is 25.3 Å². The molecule has 2 aliphatic heterocycles. The van der Waals surface area contributed by atoms with Gasteiger partial charge in [-0.1, -0.05) is 0 Å². The van der Waals surface area contributed by atoms with E-state index in [2.05, 4.69) is 0 Å². The molecule has 0 amide bonds. The van der Waals surface area contributed by atoms with E-state index in [4.69, 9.17) is 9.84 Å². The van der Waals surface area contributed by atoms with Crippen LogP contribution in [0, 0.1) is 5.92 Å². The average molecular weight is 249 g/mol. The van der Waals surface area contributed by atoms with Crippen LogP contribution in [0.2, 0.25) is 0 Å². The molecule has 0 spiro atoms. The zero-order chi connectivity index (χ0) is 12.7. The third-order valence-electron chi connectivity index (χ3n) is 3.86. The Morgan fingerprint density at radius 1 is 1.33 bits per heavy atom. The molecule has 0 aliphatic carbocycles. The van der Waals surface area contributed by atoms with Gasteiger partial charge < -0.3 is 14.4 Å². The molecule has 5 nitrogen and oxygen atoms in total. The van der Waals surface area contributed by atoms with Gasteiger partial charge in [0.2, 0.25) is 0 Å². The van der Waals surface area contributed by atoms with Crippen LogP contribution in [0.1, 0.15) is 34.9 Å². The molecule has 1 fully saturated rings. The monoisotopic (exact) mass is 249 g/mol. The molecule has 0 bridgehead atoms. The predicted octanol–water partition coefficient (Wildman–Crippen LogP) is 1.28. The fourth-order valence-electron chi connectivity index (χ4n) is 2.86. The molecule has 18 heavy (non-hydrogen) atoms. The molecule has 0 saturated carbocycles. The van der Waals surface area contributed by atoms with Crippen LogP contribution < -0.4 is 0 Å². The summed E-state index contributed by atoms with van der Waals surface area (Å²) in [5, 5.41) is 9.10. The maximum Gasteiger partial charge on any atom is 0.312 e. The summed E-state index contributed by atoms with van der Waals surface area (Å²) in [5.74, 6) is -1.25. The molecule has 2 unspecified atom stereocenters. The number of hydrogen-bond acceptors (Lipinski definition) is 3. The first-order valence-electron chi connectivity index (χ1n) is 6.22. The SMILES string of the molecule is O=C(c1ccc2n1CCC2C(=O)O)C1CCOC1. The average Bonchev–Trinajstić information content (AvgIpc) is 3.04. The molecule has 1 aromatic rings. The van der Waals surface area contributed by atoms with Crippen molar-refractivity contribution in [3.8, 4) is 0 Å². The fourth-order valence-corrected chi connectivity index (χ4v) is 2.86. The number of aliphatic carboxylic acids is 1. The number of ketones is 1. The highest BCUT2D eigenvalue weighted by molar-refractivity contribution is 5.97. The molecule has 5 heteroatoms. The second-order valence-electron chi connectivity index (χ2n) is 4.90. The Balaban J connectivity index is 1.89. The molecular formula is C13H15NO4. The molecule has 2 atom stereocenters. The van der Waals surface area contributed by atoms with Crippen LogP contribution in [-0.4, -0.2) is 34.6 Å². The largest absolute Gasteiger partial charge is 0.481 e. The minimum atomic E-state index is -0.810. The van der Waals surface area contributed by atoms with Crippen LogP contribution in [0.3, 0.4) is 0 Å². The number of fused-ring (bicyclic) bond motifs is 1. The number of carbonyl (C=O) groups is 2. The summed E-state index contributed by atoms with van der Waals surface area (Å²) in [6.07, 6.45) is 1.34. The molecular weight excluding hydrogens is 234 g/mol. The summed E-state index contributed by atoms with van der Waals surface area (Å²) in [5.41, 5.74) is 1.40. The Morgan fingerprint density at radius 2 is 2.17 bits per heavy atom. The molecule has 1 N–H and O–H groups in total. The summed E-state index contributed by atoms with van der Waals surface area (Å²) in [6.45, 7) is 1.75. The van der Waals surface area contributed by atoms with Crippen molar-refractivity contribution < 1.29 is 19.4 Å². The van der Waals surface area contributed by atoms with Gasteiger partial charge in [-0.25, -0.2) is 0 Å². The summed E-state index contributed by atoms with van der Waals surface area (Å²) in [4.78, 5) is 23.4. The van der Waals surface area contributed by atoms with Crippen molar-refractivity contribution in [1.29, 1.82) is 0 Å². The van der Waals surface area contributed by atoms with Crippen molar-refractivity contribution in [2.75, 3.05) is 13.2 Å². The molecule has 0 aromatic carbocycles. The third-order valence-corrected chi connectivity index (χ3v) is 3.86. The Kier molecular flexibility index (Phi) is 2.70. The van der Waals surface area contributed by atoms with Crippen molar-refractivity contribution >= 4 is 11.8 Å². The highest BCUT2D eigenvalue weighted by Gasteiger charge is 2.33. The second kappa shape index (κ2) is 4.24. The van der Waals surface area contributed by atoms with E-state index >= 15 is 0 Å². The predicted molar refractivity (Wildman–Crippen MR) is 62.7 cm³/mol. The molecule has 2 aliphatic rings. The molecule has 1 aromatic heterocycles. The number of Topliss-reactive ketones (excluding diaryl/α,β-unsaturated/α-hetero) is 1. The number of carbonyl (C=O) groups excluding carboxylic acids is 1. The van der Waals surface area contributed by atoms with Crippen LogP contribution >= 0.6 is 0 Å². The van der Waals surface area contributed by atoms with Gasteiger partial charge in [0.15, 0.2) is 5.78 Å². The Hall–Kier alpha value is -1.62. The Bertz CT molecular complexity index is 499.